The molecule has 1 aromatic carbocycles. The summed E-state index contributed by atoms with van der Waals surface area (Å²) >= 11 is 0. The number of aromatic nitrogens is 3. The van der Waals surface area contributed by atoms with Crippen molar-refractivity contribution in [2.45, 2.75) is 26.2 Å². The molecule has 1 aliphatic rings. The first-order chi connectivity index (χ1) is 12.0. The first-order valence-electron chi connectivity index (χ1n) is 8.46. The van der Waals surface area contributed by atoms with Crippen LogP contribution >= 0.6 is 0 Å². The summed E-state index contributed by atoms with van der Waals surface area (Å²) in [6.45, 7) is 5.96. The Morgan fingerprint density at radius 2 is 1.88 bits per heavy atom. The van der Waals surface area contributed by atoms with Gasteiger partial charge in [-0.2, -0.15) is 0 Å². The molecular formula is C19H22N4O2. The fourth-order valence-corrected chi connectivity index (χ4v) is 3.23. The molecule has 25 heavy (non-hydrogen) atoms. The quantitative estimate of drug-likeness (QED) is 0.794. The van der Waals surface area contributed by atoms with E-state index < -0.39 is 5.79 Å². The molecule has 130 valence electrons. The molecule has 2 aromatic heterocycles. The van der Waals surface area contributed by atoms with E-state index in [1.807, 2.05) is 32.0 Å². The number of fused-ring (bicyclic) bond motifs is 1. The molecular weight excluding hydrogens is 316 g/mol. The van der Waals surface area contributed by atoms with Crippen LogP contribution < -0.4 is 5.73 Å². The van der Waals surface area contributed by atoms with E-state index in [0.29, 0.717) is 19.0 Å². The van der Waals surface area contributed by atoms with Crippen LogP contribution in [0.3, 0.4) is 0 Å². The van der Waals surface area contributed by atoms with Crippen LogP contribution in [0, 0.1) is 5.92 Å². The van der Waals surface area contributed by atoms with Gasteiger partial charge in [-0.25, -0.2) is 9.97 Å². The molecule has 0 atom stereocenters. The zero-order valence-corrected chi connectivity index (χ0v) is 14.5. The number of hydrogen-bond acceptors (Lipinski definition) is 5. The Morgan fingerprint density at radius 3 is 2.60 bits per heavy atom. The first-order valence-corrected chi connectivity index (χ1v) is 8.46. The lowest BCUT2D eigenvalue weighted by atomic mass is 10.1. The minimum absolute atomic E-state index is 0.267. The van der Waals surface area contributed by atoms with E-state index in [-0.39, 0.29) is 5.92 Å². The van der Waals surface area contributed by atoms with Gasteiger partial charge in [0.05, 0.1) is 18.6 Å². The van der Waals surface area contributed by atoms with Crippen LogP contribution in [0.25, 0.3) is 22.2 Å². The van der Waals surface area contributed by atoms with Crippen LogP contribution in [-0.2, 0) is 16.0 Å². The van der Waals surface area contributed by atoms with Crippen molar-refractivity contribution < 1.29 is 9.47 Å². The molecule has 3 heterocycles. The number of benzene rings is 1. The fourth-order valence-electron chi connectivity index (χ4n) is 3.23. The minimum Gasteiger partial charge on any atom is -0.383 e. The third-order valence-electron chi connectivity index (χ3n) is 4.56. The second kappa shape index (κ2) is 6.13. The second-order valence-corrected chi connectivity index (χ2v) is 6.91. The van der Waals surface area contributed by atoms with Crippen molar-refractivity contribution in [3.05, 3.63) is 42.9 Å². The highest BCUT2D eigenvalue weighted by Crippen LogP contribution is 2.33. The first kappa shape index (κ1) is 16.1. The van der Waals surface area contributed by atoms with Gasteiger partial charge in [0.1, 0.15) is 17.8 Å². The summed E-state index contributed by atoms with van der Waals surface area (Å²) in [4.78, 5) is 8.65. The molecule has 0 spiro atoms. The summed E-state index contributed by atoms with van der Waals surface area (Å²) in [5.41, 5.74) is 9.16. The van der Waals surface area contributed by atoms with Crippen LogP contribution in [0.2, 0.25) is 0 Å². The minimum atomic E-state index is -0.503. The van der Waals surface area contributed by atoms with Crippen LogP contribution in [-0.4, -0.2) is 33.5 Å². The van der Waals surface area contributed by atoms with Crippen LogP contribution in [0.5, 0.6) is 0 Å². The Hall–Kier alpha value is -2.44. The predicted molar refractivity (Wildman–Crippen MR) is 96.8 cm³/mol. The van der Waals surface area contributed by atoms with Crippen molar-refractivity contribution in [2.24, 2.45) is 5.92 Å². The maximum Gasteiger partial charge on any atom is 0.162 e. The van der Waals surface area contributed by atoms with Gasteiger partial charge in [0.25, 0.3) is 0 Å². The molecule has 1 fully saturated rings. The number of rotatable bonds is 3. The lowest BCUT2D eigenvalue weighted by Crippen LogP contribution is -2.40. The summed E-state index contributed by atoms with van der Waals surface area (Å²) < 4.78 is 13.7. The summed E-state index contributed by atoms with van der Waals surface area (Å²) in [6, 6.07) is 10.2. The molecule has 4 rings (SSSR count). The molecule has 2 N–H and O–H groups in total. The van der Waals surface area contributed by atoms with Gasteiger partial charge in [-0.3, -0.25) is 0 Å². The highest BCUT2D eigenvalue weighted by molar-refractivity contribution is 6.00. The van der Waals surface area contributed by atoms with E-state index in [2.05, 4.69) is 32.9 Å². The predicted octanol–water partition coefficient (Wildman–Crippen LogP) is 3.08. The maximum absolute atomic E-state index is 6.16. The number of ether oxygens (including phenoxy) is 2. The van der Waals surface area contributed by atoms with Crippen molar-refractivity contribution in [1.82, 2.24) is 14.5 Å². The fraction of sp³-hybridized carbons (Fsp3) is 0.368. The van der Waals surface area contributed by atoms with Crippen molar-refractivity contribution in [1.29, 1.82) is 0 Å². The van der Waals surface area contributed by atoms with E-state index in [1.54, 1.807) is 0 Å². The topological polar surface area (TPSA) is 75.2 Å². The Balaban J connectivity index is 1.72. The summed E-state index contributed by atoms with van der Waals surface area (Å²) in [5, 5.41) is 0.895. The Morgan fingerprint density at radius 1 is 1.16 bits per heavy atom. The van der Waals surface area contributed by atoms with E-state index in [9.17, 15) is 0 Å². The number of anilines is 1. The Bertz CT molecular complexity index is 879. The van der Waals surface area contributed by atoms with Crippen molar-refractivity contribution in [3.8, 4) is 11.1 Å². The Labute approximate surface area is 146 Å². The van der Waals surface area contributed by atoms with Gasteiger partial charge in [0, 0.05) is 24.2 Å². The van der Waals surface area contributed by atoms with Crippen molar-refractivity contribution >= 4 is 16.9 Å². The molecule has 0 radical (unpaired) electrons. The molecule has 0 aliphatic carbocycles. The van der Waals surface area contributed by atoms with Gasteiger partial charge in [-0.15, -0.1) is 0 Å². The smallest absolute Gasteiger partial charge is 0.162 e. The molecule has 6 heteroatoms. The number of hydrogen-bond donors (Lipinski definition) is 1. The van der Waals surface area contributed by atoms with Gasteiger partial charge in [-0.1, -0.05) is 30.3 Å². The monoisotopic (exact) mass is 338 g/mol. The number of nitrogens with two attached hydrogens (primary N) is 1. The Kier molecular flexibility index (Phi) is 3.94. The SMILES string of the molecule is CC1(C)OCC(Cn2cc(-c3ccccc3)c3c(N)ncnc32)CO1. The zero-order valence-electron chi connectivity index (χ0n) is 14.5. The normalized spacial score (nSPS) is 17.8. The highest BCUT2D eigenvalue weighted by atomic mass is 16.7. The van der Waals surface area contributed by atoms with Gasteiger partial charge in [-0.05, 0) is 19.4 Å². The third kappa shape index (κ3) is 3.10. The maximum atomic E-state index is 6.16. The molecule has 0 saturated carbocycles. The van der Waals surface area contributed by atoms with Gasteiger partial charge in [0.2, 0.25) is 0 Å². The largest absolute Gasteiger partial charge is 0.383 e. The van der Waals surface area contributed by atoms with E-state index in [0.717, 1.165) is 28.7 Å². The van der Waals surface area contributed by atoms with Crippen LogP contribution in [0.4, 0.5) is 5.82 Å². The molecule has 0 unspecified atom stereocenters. The third-order valence-corrected chi connectivity index (χ3v) is 4.56. The lowest BCUT2D eigenvalue weighted by molar-refractivity contribution is -0.263. The number of nitrogens with zero attached hydrogens (tertiary/aromatic N) is 3. The second-order valence-electron chi connectivity index (χ2n) is 6.91. The van der Waals surface area contributed by atoms with Crippen molar-refractivity contribution in [3.63, 3.8) is 0 Å². The van der Waals surface area contributed by atoms with Crippen LogP contribution in [0.15, 0.2) is 42.9 Å². The van der Waals surface area contributed by atoms with E-state index in [4.69, 9.17) is 15.2 Å². The average Bonchev–Trinajstić information content (AvgIpc) is 2.98. The zero-order chi connectivity index (χ0) is 17.4. The van der Waals surface area contributed by atoms with Gasteiger partial charge >= 0.3 is 0 Å². The highest BCUT2D eigenvalue weighted by Gasteiger charge is 2.29. The molecule has 1 saturated heterocycles. The average molecular weight is 338 g/mol. The molecule has 0 bridgehead atoms. The van der Waals surface area contributed by atoms with Gasteiger partial charge in [0.15, 0.2) is 5.79 Å². The number of nitrogen functional groups attached to an aromatic ring is 1. The van der Waals surface area contributed by atoms with Crippen LogP contribution in [0.1, 0.15) is 13.8 Å². The molecule has 6 nitrogen and oxygen atoms in total. The summed E-state index contributed by atoms with van der Waals surface area (Å²) in [6.07, 6.45) is 3.62. The summed E-state index contributed by atoms with van der Waals surface area (Å²) in [5.74, 6) is 0.264. The summed E-state index contributed by atoms with van der Waals surface area (Å²) in [7, 11) is 0. The molecule has 1 aliphatic heterocycles. The lowest BCUT2D eigenvalue weighted by Gasteiger charge is -2.35. The molecule has 0 amide bonds. The van der Waals surface area contributed by atoms with E-state index >= 15 is 0 Å². The molecule has 3 aromatic rings. The van der Waals surface area contributed by atoms with E-state index in [1.165, 1.54) is 6.33 Å². The standard InChI is InChI=1S/C19H22N4O2/c1-19(2)24-10-13(11-25-19)8-23-9-15(14-6-4-3-5-7-14)16-17(20)21-12-22-18(16)23/h3-7,9,12-13H,8,10-11H2,1-2H3,(H2,20,21,22). The van der Waals surface area contributed by atoms with Crippen molar-refractivity contribution in [2.75, 3.05) is 18.9 Å². The van der Waals surface area contributed by atoms with Gasteiger partial charge < -0.3 is 19.8 Å².